The molecule has 1 saturated heterocycles. The quantitative estimate of drug-likeness (QED) is 0.798. The van der Waals surface area contributed by atoms with E-state index in [0.717, 1.165) is 25.7 Å². The van der Waals surface area contributed by atoms with Crippen molar-refractivity contribution in [3.05, 3.63) is 17.5 Å². The van der Waals surface area contributed by atoms with Crippen LogP contribution in [-0.2, 0) is 19.6 Å². The Kier molecular flexibility index (Phi) is 4.07. The maximum absolute atomic E-state index is 12.9. The predicted molar refractivity (Wildman–Crippen MR) is 79.5 cm³/mol. The fourth-order valence-electron chi connectivity index (χ4n) is 3.62. The van der Waals surface area contributed by atoms with Crippen LogP contribution in [0.2, 0.25) is 0 Å². The lowest BCUT2D eigenvalue weighted by atomic mass is 9.85. The van der Waals surface area contributed by atoms with Gasteiger partial charge in [0.25, 0.3) is 10.0 Å². The van der Waals surface area contributed by atoms with Crippen molar-refractivity contribution in [3.63, 3.8) is 0 Å². The van der Waals surface area contributed by atoms with Crippen molar-refractivity contribution in [2.24, 2.45) is 5.92 Å². The summed E-state index contributed by atoms with van der Waals surface area (Å²) in [6, 6.07) is 2.59. The van der Waals surface area contributed by atoms with Gasteiger partial charge in [0, 0.05) is 6.04 Å². The normalized spacial score (nSPS) is 30.0. The summed E-state index contributed by atoms with van der Waals surface area (Å²) in [7, 11) is -2.30. The van der Waals surface area contributed by atoms with E-state index in [4.69, 9.17) is 4.74 Å². The van der Waals surface area contributed by atoms with Crippen LogP contribution in [0.25, 0.3) is 0 Å². The number of carbonyl (C=O) groups is 1. The van der Waals surface area contributed by atoms with Gasteiger partial charge in [0.2, 0.25) is 0 Å². The van der Waals surface area contributed by atoms with E-state index < -0.39 is 22.0 Å². The summed E-state index contributed by atoms with van der Waals surface area (Å²) in [5.74, 6) is -0.165. The van der Waals surface area contributed by atoms with E-state index in [1.807, 2.05) is 0 Å². The average Bonchev–Trinajstić information content (AvgIpc) is 3.13. The van der Waals surface area contributed by atoms with Gasteiger partial charge in [-0.05, 0) is 36.6 Å². The van der Waals surface area contributed by atoms with Crippen LogP contribution in [0, 0.1) is 5.92 Å². The summed E-state index contributed by atoms with van der Waals surface area (Å²) in [6.45, 7) is 0. The monoisotopic (exact) mass is 329 g/mol. The van der Waals surface area contributed by atoms with Crippen LogP contribution in [-0.4, -0.2) is 37.9 Å². The number of hydrogen-bond acceptors (Lipinski definition) is 5. The van der Waals surface area contributed by atoms with Gasteiger partial charge < -0.3 is 4.74 Å². The Morgan fingerprint density at radius 1 is 1.38 bits per heavy atom. The van der Waals surface area contributed by atoms with Gasteiger partial charge in [-0.1, -0.05) is 18.9 Å². The SMILES string of the molecule is COC(=O)[C@@H]1C[C@H]2CCCC[C@@H]2N1S(=O)(=O)c1cccs1. The standard InChI is InChI=1S/C14H19NO4S2/c1-19-14(16)12-9-10-5-2-3-6-11(10)15(12)21(17,18)13-7-4-8-20-13/h4,7-8,10-12H,2-3,5-6,9H2,1H3/t10-,11+,12+/m1/s1. The second kappa shape index (κ2) is 5.70. The summed E-state index contributed by atoms with van der Waals surface area (Å²) in [6.07, 6.45) is 4.55. The number of nitrogens with zero attached hydrogens (tertiary/aromatic N) is 1. The average molecular weight is 329 g/mol. The fourth-order valence-corrected chi connectivity index (χ4v) is 6.58. The van der Waals surface area contributed by atoms with E-state index in [1.165, 1.54) is 22.8 Å². The van der Waals surface area contributed by atoms with Gasteiger partial charge in [-0.2, -0.15) is 4.31 Å². The molecule has 7 heteroatoms. The van der Waals surface area contributed by atoms with E-state index >= 15 is 0 Å². The van der Waals surface area contributed by atoms with Gasteiger partial charge in [0.15, 0.2) is 0 Å². The lowest BCUT2D eigenvalue weighted by Crippen LogP contribution is -2.46. The van der Waals surface area contributed by atoms with Crippen LogP contribution < -0.4 is 0 Å². The summed E-state index contributed by atoms with van der Waals surface area (Å²) >= 11 is 1.20. The highest BCUT2D eigenvalue weighted by molar-refractivity contribution is 7.91. The van der Waals surface area contributed by atoms with Crippen molar-refractivity contribution in [2.45, 2.75) is 48.4 Å². The topological polar surface area (TPSA) is 63.7 Å². The maximum atomic E-state index is 12.9. The molecule has 1 saturated carbocycles. The summed E-state index contributed by atoms with van der Waals surface area (Å²) in [4.78, 5) is 12.1. The third-order valence-corrected chi connectivity index (χ3v) is 7.84. The van der Waals surface area contributed by atoms with Gasteiger partial charge in [-0.25, -0.2) is 8.42 Å². The molecule has 1 aliphatic carbocycles. The van der Waals surface area contributed by atoms with Crippen molar-refractivity contribution in [1.82, 2.24) is 4.31 Å². The number of esters is 1. The molecule has 1 aromatic rings. The smallest absolute Gasteiger partial charge is 0.324 e. The first-order chi connectivity index (χ1) is 10.1. The Hall–Kier alpha value is -0.920. The van der Waals surface area contributed by atoms with Crippen molar-refractivity contribution < 1.29 is 17.9 Å². The molecule has 21 heavy (non-hydrogen) atoms. The molecule has 0 radical (unpaired) electrons. The number of rotatable bonds is 3. The van der Waals surface area contributed by atoms with Gasteiger partial charge in [-0.3, -0.25) is 4.79 Å². The van der Waals surface area contributed by atoms with Gasteiger partial charge in [0.05, 0.1) is 7.11 Å². The summed E-state index contributed by atoms with van der Waals surface area (Å²) in [5, 5.41) is 1.74. The van der Waals surface area contributed by atoms with Crippen LogP contribution in [0.15, 0.2) is 21.7 Å². The molecule has 3 atom stereocenters. The zero-order valence-corrected chi connectivity index (χ0v) is 13.5. The highest BCUT2D eigenvalue weighted by Gasteiger charge is 2.51. The second-order valence-electron chi connectivity index (χ2n) is 5.65. The molecule has 5 nitrogen and oxygen atoms in total. The summed E-state index contributed by atoms with van der Waals surface area (Å²) in [5.41, 5.74) is 0. The van der Waals surface area contributed by atoms with Crippen LogP contribution in [0.5, 0.6) is 0 Å². The number of thiophene rings is 1. The molecule has 2 aliphatic rings. The van der Waals surface area contributed by atoms with E-state index in [2.05, 4.69) is 0 Å². The molecule has 2 fully saturated rings. The largest absolute Gasteiger partial charge is 0.468 e. The van der Waals surface area contributed by atoms with Crippen molar-refractivity contribution in [2.75, 3.05) is 7.11 Å². The van der Waals surface area contributed by atoms with Crippen molar-refractivity contribution in [1.29, 1.82) is 0 Å². The van der Waals surface area contributed by atoms with E-state index in [9.17, 15) is 13.2 Å². The Labute approximate surface area is 129 Å². The molecule has 116 valence electrons. The number of methoxy groups -OCH3 is 1. The molecule has 0 N–H and O–H groups in total. The van der Waals surface area contributed by atoms with Crippen LogP contribution in [0.4, 0.5) is 0 Å². The Bertz CT molecular complexity index is 611. The molecule has 0 aromatic carbocycles. The number of hydrogen-bond donors (Lipinski definition) is 0. The van der Waals surface area contributed by atoms with Crippen molar-refractivity contribution >= 4 is 27.3 Å². The lowest BCUT2D eigenvalue weighted by Gasteiger charge is -2.31. The highest BCUT2D eigenvalue weighted by atomic mass is 32.2. The molecule has 0 unspecified atom stereocenters. The molecular weight excluding hydrogens is 310 g/mol. The number of ether oxygens (including phenoxy) is 1. The third kappa shape index (κ3) is 2.51. The van der Waals surface area contributed by atoms with Gasteiger partial charge >= 0.3 is 5.97 Å². The predicted octanol–water partition coefficient (Wildman–Crippen LogP) is 2.24. The minimum atomic E-state index is -3.62. The van der Waals surface area contributed by atoms with Crippen LogP contribution in [0.3, 0.4) is 0 Å². The van der Waals surface area contributed by atoms with Gasteiger partial charge in [0.1, 0.15) is 10.3 Å². The Morgan fingerprint density at radius 3 is 2.81 bits per heavy atom. The second-order valence-corrected chi connectivity index (χ2v) is 8.67. The fraction of sp³-hybridized carbons (Fsp3) is 0.643. The summed E-state index contributed by atoms with van der Waals surface area (Å²) < 4.78 is 32.4. The van der Waals surface area contributed by atoms with E-state index in [1.54, 1.807) is 17.5 Å². The number of fused-ring (bicyclic) bond motifs is 1. The zero-order valence-electron chi connectivity index (χ0n) is 11.9. The Balaban J connectivity index is 2.00. The minimum Gasteiger partial charge on any atom is -0.468 e. The molecule has 1 aliphatic heterocycles. The van der Waals surface area contributed by atoms with Crippen molar-refractivity contribution in [3.8, 4) is 0 Å². The zero-order chi connectivity index (χ0) is 15.0. The highest BCUT2D eigenvalue weighted by Crippen LogP contribution is 2.43. The first-order valence-corrected chi connectivity index (χ1v) is 9.52. The van der Waals surface area contributed by atoms with E-state index in [-0.39, 0.29) is 12.0 Å². The maximum Gasteiger partial charge on any atom is 0.324 e. The first kappa shape index (κ1) is 15.0. The molecule has 3 rings (SSSR count). The number of carbonyl (C=O) groups excluding carboxylic acids is 1. The molecule has 1 aromatic heterocycles. The number of sulfonamides is 1. The first-order valence-electron chi connectivity index (χ1n) is 7.20. The molecular formula is C14H19NO4S2. The molecule has 2 heterocycles. The Morgan fingerprint density at radius 2 is 2.14 bits per heavy atom. The van der Waals surface area contributed by atoms with Crippen LogP contribution in [0.1, 0.15) is 32.1 Å². The minimum absolute atomic E-state index is 0.0602. The molecule has 0 amide bonds. The third-order valence-electron chi connectivity index (χ3n) is 4.53. The molecule has 0 spiro atoms. The molecule has 0 bridgehead atoms. The van der Waals surface area contributed by atoms with Crippen LogP contribution >= 0.6 is 11.3 Å². The van der Waals surface area contributed by atoms with E-state index in [0.29, 0.717) is 10.6 Å². The van der Waals surface area contributed by atoms with Gasteiger partial charge in [-0.15, -0.1) is 11.3 Å². The lowest BCUT2D eigenvalue weighted by molar-refractivity contribution is -0.144.